The summed E-state index contributed by atoms with van der Waals surface area (Å²) in [7, 11) is -6.42. The monoisotopic (exact) mass is 1090 g/mol. The number of nitrogens with zero attached hydrogens (tertiary/aromatic N) is 4. The molecule has 6 aromatic rings. The Labute approximate surface area is 451 Å². The molecule has 2 saturated heterocycles. The van der Waals surface area contributed by atoms with Crippen molar-refractivity contribution >= 4 is 54.2 Å². The third kappa shape index (κ3) is 12.5. The van der Waals surface area contributed by atoms with Crippen molar-refractivity contribution in [3.05, 3.63) is 95.6 Å². The van der Waals surface area contributed by atoms with E-state index in [1.165, 1.54) is 135 Å². The van der Waals surface area contributed by atoms with Gasteiger partial charge in [0.25, 0.3) is 0 Å². The van der Waals surface area contributed by atoms with Crippen molar-refractivity contribution < 1.29 is 55.0 Å². The molecule has 2 aromatic heterocycles. The quantitative estimate of drug-likeness (QED) is 0.140. The van der Waals surface area contributed by atoms with Crippen molar-refractivity contribution in [3.63, 3.8) is 0 Å². The summed E-state index contributed by atoms with van der Waals surface area (Å²) in [6.45, 7) is 6.96. The molecule has 0 radical (unpaired) electrons. The Morgan fingerprint density at radius 1 is 0.506 bits per heavy atom. The molecule has 410 valence electrons. The molecule has 4 aromatic carbocycles. The Hall–Kier alpha value is -6.26. The Morgan fingerprint density at radius 3 is 1.42 bits per heavy atom. The summed E-state index contributed by atoms with van der Waals surface area (Å²) in [5.41, 5.74) is 11.7. The van der Waals surface area contributed by atoms with E-state index in [1.54, 1.807) is 0 Å². The zero-order chi connectivity index (χ0) is 54.3. The second-order valence-corrected chi connectivity index (χ2v) is 25.2. The number of hydrogen-bond acceptors (Lipinski definition) is 12. The largest absolute Gasteiger partial charge is 0.491 e. The highest BCUT2D eigenvalue weighted by molar-refractivity contribution is 7.88. The second kappa shape index (κ2) is 24.6. The second-order valence-electron chi connectivity index (χ2n) is 21.2. The number of para-hydroxylation sites is 1. The van der Waals surface area contributed by atoms with Crippen molar-refractivity contribution in [2.75, 3.05) is 51.9 Å². The van der Waals surface area contributed by atoms with Gasteiger partial charge in [-0.3, -0.25) is 0 Å². The van der Waals surface area contributed by atoms with Crippen molar-refractivity contribution in [1.82, 2.24) is 17.7 Å². The van der Waals surface area contributed by atoms with Gasteiger partial charge in [-0.15, -0.1) is 0 Å². The predicted molar refractivity (Wildman–Crippen MR) is 292 cm³/mol. The first-order chi connectivity index (χ1) is 37.2. The Kier molecular flexibility index (Phi) is 17.7. The third-order valence-electron chi connectivity index (χ3n) is 16.1. The minimum absolute atomic E-state index is 0.147. The van der Waals surface area contributed by atoms with Crippen LogP contribution in [0.15, 0.2) is 78.9 Å². The molecule has 2 aliphatic carbocycles. The van der Waals surface area contributed by atoms with E-state index in [2.05, 4.69) is 70.7 Å². The molecule has 16 nitrogen and oxygen atoms in total. The van der Waals surface area contributed by atoms with E-state index in [1.807, 2.05) is 24.3 Å². The van der Waals surface area contributed by atoms with E-state index >= 15 is 0 Å². The highest BCUT2D eigenvalue weighted by Crippen LogP contribution is 2.50. The van der Waals surface area contributed by atoms with E-state index in [4.69, 9.17) is 38.1 Å². The standard InChI is InChI=1S/C29H36N2O4S.C28H34N2O4S.2CO2/c1-20-10-12-24-26(17-20)31-15-16-34-27-18-22(35-23-9-6-14-30(19-23)36(2,32)33)11-13-25(27)29(31)28(24)21-7-4-3-5-8-21;1-35(31,32)29-15-7-10-22(19-29)34-21-13-14-24-26(18-21)33-17-16-30-25-12-6-5-11-23(25)27(28(24)30)20-8-3-2-4-9-20;2*2-1-3/h10-13,17-18,21,23H,3-9,14-16,19H2,1-2H3;5-6,11-14,18,20,22H,2-4,7-10,15-17,19H2,1H3;;. The van der Waals surface area contributed by atoms with E-state index in [9.17, 15) is 16.8 Å². The van der Waals surface area contributed by atoms with Crippen LogP contribution < -0.4 is 18.9 Å². The lowest BCUT2D eigenvalue weighted by Crippen LogP contribution is -2.43. The minimum atomic E-state index is -3.21. The smallest absolute Gasteiger partial charge is 0.373 e. The maximum absolute atomic E-state index is 12.0. The first-order valence-corrected chi connectivity index (χ1v) is 30.9. The maximum atomic E-state index is 12.0. The summed E-state index contributed by atoms with van der Waals surface area (Å²) in [6.07, 6.45) is 18.9. The molecule has 4 aliphatic heterocycles. The highest BCUT2D eigenvalue weighted by Gasteiger charge is 2.33. The van der Waals surface area contributed by atoms with Gasteiger partial charge in [0.2, 0.25) is 20.0 Å². The molecular formula is C59H70N4O12S2. The summed E-state index contributed by atoms with van der Waals surface area (Å²) in [5, 5.41) is 2.77. The number of piperidine rings is 2. The van der Waals surface area contributed by atoms with Gasteiger partial charge in [-0.25, -0.2) is 16.8 Å². The van der Waals surface area contributed by atoms with Crippen LogP contribution in [0, 0.1) is 6.92 Å². The number of rotatable bonds is 8. The molecule has 0 spiro atoms. The van der Waals surface area contributed by atoms with Crippen molar-refractivity contribution in [2.45, 2.75) is 134 Å². The fourth-order valence-electron chi connectivity index (χ4n) is 12.7. The van der Waals surface area contributed by atoms with Gasteiger partial charge in [0.1, 0.15) is 48.4 Å². The highest BCUT2D eigenvalue weighted by atomic mass is 32.2. The third-order valence-corrected chi connectivity index (χ3v) is 18.6. The van der Waals surface area contributed by atoms with Crippen LogP contribution in [0.1, 0.15) is 118 Å². The fraction of sp³-hybridized carbons (Fsp3) is 0.492. The first kappa shape index (κ1) is 55.5. The summed E-state index contributed by atoms with van der Waals surface area (Å²) < 4.78 is 81.3. The fourth-order valence-corrected chi connectivity index (χ4v) is 14.5. The van der Waals surface area contributed by atoms with Crippen molar-refractivity contribution in [3.8, 4) is 45.5 Å². The lowest BCUT2D eigenvalue weighted by atomic mass is 9.81. The molecule has 6 heterocycles. The van der Waals surface area contributed by atoms with Crippen molar-refractivity contribution in [1.29, 1.82) is 0 Å². The molecule has 0 N–H and O–H groups in total. The van der Waals surface area contributed by atoms with Crippen LogP contribution in [0.5, 0.6) is 23.0 Å². The average Bonchev–Trinajstić information content (AvgIpc) is 3.81. The molecule has 0 bridgehead atoms. The van der Waals surface area contributed by atoms with Gasteiger partial charge in [0, 0.05) is 58.2 Å². The molecule has 4 fully saturated rings. The SMILES string of the molecule is CS(=O)(=O)N1CCCC(Oc2ccc3c(c2)OCCn2c-3c(C3CCCCC3)c3ccccc32)C1.Cc1ccc2c(C3CCCCC3)c3n(c2c1)CCOc1cc(OC2CCCN(S(C)(=O)=O)C2)ccc1-3.O=C=O.O=C=O. The van der Waals surface area contributed by atoms with Gasteiger partial charge < -0.3 is 28.1 Å². The van der Waals surface area contributed by atoms with Gasteiger partial charge in [0.15, 0.2) is 0 Å². The van der Waals surface area contributed by atoms with Crippen LogP contribution in [0.4, 0.5) is 0 Å². The van der Waals surface area contributed by atoms with Gasteiger partial charge >= 0.3 is 12.3 Å². The topological polar surface area (TPSA) is 190 Å². The van der Waals surface area contributed by atoms with Crippen LogP contribution in [0.2, 0.25) is 0 Å². The summed E-state index contributed by atoms with van der Waals surface area (Å²) in [6, 6.07) is 28.1. The number of aryl methyl sites for hydroxylation is 1. The van der Waals surface area contributed by atoms with E-state index in [-0.39, 0.29) is 24.5 Å². The summed E-state index contributed by atoms with van der Waals surface area (Å²) >= 11 is 0. The molecule has 12 rings (SSSR count). The minimum Gasteiger partial charge on any atom is -0.491 e. The Bertz CT molecular complexity index is 3350. The number of benzene rings is 4. The number of fused-ring (bicyclic) bond motifs is 10. The van der Waals surface area contributed by atoms with E-state index in [0.717, 1.165) is 72.9 Å². The first-order valence-electron chi connectivity index (χ1n) is 27.2. The van der Waals surface area contributed by atoms with E-state index < -0.39 is 20.0 Å². The zero-order valence-electron chi connectivity index (χ0n) is 44.4. The average molecular weight is 1090 g/mol. The number of hydrogen-bond donors (Lipinski definition) is 0. The molecule has 18 heteroatoms. The van der Waals surface area contributed by atoms with Crippen LogP contribution in [-0.2, 0) is 52.3 Å². The van der Waals surface area contributed by atoms with Gasteiger partial charge in [-0.1, -0.05) is 68.9 Å². The van der Waals surface area contributed by atoms with Crippen LogP contribution in [0.25, 0.3) is 44.3 Å². The molecule has 6 aliphatic rings. The number of carbonyl (C=O) groups excluding carboxylic acids is 4. The van der Waals surface area contributed by atoms with Crippen LogP contribution in [0.3, 0.4) is 0 Å². The molecule has 2 unspecified atom stereocenters. The Morgan fingerprint density at radius 2 is 0.948 bits per heavy atom. The molecule has 2 atom stereocenters. The lowest BCUT2D eigenvalue weighted by Gasteiger charge is -2.31. The molecular weight excluding hydrogens is 1020 g/mol. The molecule has 0 amide bonds. The van der Waals surface area contributed by atoms with Crippen LogP contribution >= 0.6 is 0 Å². The summed E-state index contributed by atoms with van der Waals surface area (Å²) in [4.78, 5) is 32.5. The van der Waals surface area contributed by atoms with Crippen LogP contribution in [-0.4, -0.2) is 111 Å². The van der Waals surface area contributed by atoms with E-state index in [0.29, 0.717) is 51.2 Å². The van der Waals surface area contributed by atoms with Gasteiger partial charge in [-0.05, 0) is 123 Å². The number of aromatic nitrogens is 2. The Balaban J connectivity index is 0.000000171. The molecule has 77 heavy (non-hydrogen) atoms. The molecule has 2 saturated carbocycles. The van der Waals surface area contributed by atoms with Crippen molar-refractivity contribution in [2.24, 2.45) is 0 Å². The normalized spacial score (nSPS) is 20.1. The van der Waals surface area contributed by atoms with Gasteiger partial charge in [-0.2, -0.15) is 27.8 Å². The predicted octanol–water partition coefficient (Wildman–Crippen LogP) is 10.2. The zero-order valence-corrected chi connectivity index (χ0v) is 46.0. The maximum Gasteiger partial charge on any atom is 0.373 e. The van der Waals surface area contributed by atoms with Gasteiger partial charge in [0.05, 0.1) is 50.1 Å². The number of sulfonamides is 2. The lowest BCUT2D eigenvalue weighted by molar-refractivity contribution is -0.193. The summed E-state index contributed by atoms with van der Waals surface area (Å²) in [5.74, 6) is 4.36. The number of ether oxygens (including phenoxy) is 4.